The number of nitrogens with one attached hydrogen (secondary N) is 1. The van der Waals surface area contributed by atoms with Gasteiger partial charge < -0.3 is 15.0 Å². The average molecular weight is 372 g/mol. The summed E-state index contributed by atoms with van der Waals surface area (Å²) in [6.45, 7) is 4.97. The number of benzene rings is 3. The summed E-state index contributed by atoms with van der Waals surface area (Å²) in [6.07, 6.45) is 2.08. The van der Waals surface area contributed by atoms with Crippen molar-refractivity contribution >= 4 is 33.3 Å². The monoisotopic (exact) mass is 372 g/mol. The van der Waals surface area contributed by atoms with Gasteiger partial charge in [-0.25, -0.2) is 0 Å². The number of aromatic nitrogens is 1. The van der Waals surface area contributed by atoms with E-state index in [-0.39, 0.29) is 11.7 Å². The summed E-state index contributed by atoms with van der Waals surface area (Å²) >= 11 is 0. The summed E-state index contributed by atoms with van der Waals surface area (Å²) in [5.74, 6) is 0.0856. The Hall–Kier alpha value is -3.27. The molecule has 0 aliphatic heterocycles. The summed E-state index contributed by atoms with van der Waals surface area (Å²) in [4.78, 5) is 13.3. The van der Waals surface area contributed by atoms with E-state index >= 15 is 0 Å². The molecule has 0 saturated carbocycles. The highest BCUT2D eigenvalue weighted by atomic mass is 16.3. The van der Waals surface area contributed by atoms with E-state index in [9.17, 15) is 9.90 Å². The number of fused-ring (bicyclic) bond motifs is 2. The molecule has 4 heteroatoms. The number of hydrogen-bond donors (Lipinski definition) is 2. The van der Waals surface area contributed by atoms with Crippen LogP contribution in [0.2, 0.25) is 0 Å². The first-order valence-electron chi connectivity index (χ1n) is 9.71. The molecule has 4 aromatic rings. The zero-order chi connectivity index (χ0) is 19.7. The fraction of sp³-hybridized carbons (Fsp3) is 0.208. The van der Waals surface area contributed by atoms with Crippen molar-refractivity contribution in [2.24, 2.45) is 0 Å². The first-order valence-corrected chi connectivity index (χ1v) is 9.71. The minimum absolute atomic E-state index is 0.124. The van der Waals surface area contributed by atoms with Crippen molar-refractivity contribution in [2.45, 2.75) is 33.2 Å². The number of amides is 1. The van der Waals surface area contributed by atoms with E-state index in [1.807, 2.05) is 43.3 Å². The molecular weight excluding hydrogens is 348 g/mol. The molecule has 0 saturated heterocycles. The summed E-state index contributed by atoms with van der Waals surface area (Å²) in [7, 11) is 0. The van der Waals surface area contributed by atoms with E-state index in [1.165, 1.54) is 0 Å². The molecule has 4 rings (SSSR count). The number of phenolic OH excluding ortho intramolecular Hbond substituents is 1. The Morgan fingerprint density at radius 3 is 2.50 bits per heavy atom. The number of carbonyl (C=O) groups excluding carboxylic acids is 1. The van der Waals surface area contributed by atoms with Crippen LogP contribution in [0.25, 0.3) is 21.7 Å². The molecule has 0 bridgehead atoms. The largest absolute Gasteiger partial charge is 0.507 e. The highest BCUT2D eigenvalue weighted by Crippen LogP contribution is 2.31. The number of aryl methyl sites for hydroxylation is 2. The van der Waals surface area contributed by atoms with Gasteiger partial charge in [-0.3, -0.25) is 4.79 Å². The maximum atomic E-state index is 13.3. The molecule has 0 aliphatic rings. The van der Waals surface area contributed by atoms with Crippen molar-refractivity contribution in [1.29, 1.82) is 0 Å². The van der Waals surface area contributed by atoms with Gasteiger partial charge in [0, 0.05) is 33.9 Å². The zero-order valence-corrected chi connectivity index (χ0v) is 16.2. The number of carbonyl (C=O) groups is 1. The molecule has 0 atom stereocenters. The molecule has 0 spiro atoms. The van der Waals surface area contributed by atoms with Crippen molar-refractivity contribution in [2.75, 3.05) is 5.32 Å². The van der Waals surface area contributed by atoms with Crippen molar-refractivity contribution in [1.82, 2.24) is 4.57 Å². The molecule has 1 heterocycles. The fourth-order valence-electron chi connectivity index (χ4n) is 3.90. The minimum Gasteiger partial charge on any atom is -0.507 e. The molecule has 0 aliphatic carbocycles. The molecule has 3 aromatic carbocycles. The third-order valence-corrected chi connectivity index (χ3v) is 5.32. The second-order valence-corrected chi connectivity index (χ2v) is 7.13. The molecule has 0 fully saturated rings. The maximum Gasteiger partial charge on any atom is 0.272 e. The number of nitrogens with zero attached hydrogens (tertiary/aromatic N) is 1. The zero-order valence-electron chi connectivity index (χ0n) is 16.2. The van der Waals surface area contributed by atoms with Crippen LogP contribution in [0, 0.1) is 6.92 Å². The third kappa shape index (κ3) is 3.01. The first kappa shape index (κ1) is 18.1. The number of unbranched alkanes of at least 4 members (excludes halogenated alkanes) is 1. The van der Waals surface area contributed by atoms with Crippen molar-refractivity contribution < 1.29 is 9.90 Å². The van der Waals surface area contributed by atoms with Crippen LogP contribution in [0.5, 0.6) is 5.75 Å². The molecule has 28 heavy (non-hydrogen) atoms. The van der Waals surface area contributed by atoms with Gasteiger partial charge in [0.15, 0.2) is 0 Å². The second kappa shape index (κ2) is 7.39. The van der Waals surface area contributed by atoms with Crippen LogP contribution in [0.1, 0.15) is 35.8 Å². The predicted molar refractivity (Wildman–Crippen MR) is 115 cm³/mol. The Bertz CT molecular complexity index is 1170. The van der Waals surface area contributed by atoms with Crippen LogP contribution in [0.15, 0.2) is 60.7 Å². The Kier molecular flexibility index (Phi) is 4.78. The van der Waals surface area contributed by atoms with E-state index in [0.717, 1.165) is 46.6 Å². The van der Waals surface area contributed by atoms with Gasteiger partial charge in [-0.1, -0.05) is 55.8 Å². The summed E-state index contributed by atoms with van der Waals surface area (Å²) in [5, 5.41) is 15.8. The number of phenols is 1. The number of aromatic hydroxyl groups is 1. The number of hydrogen-bond acceptors (Lipinski definition) is 2. The van der Waals surface area contributed by atoms with Crippen molar-refractivity contribution in [3.63, 3.8) is 0 Å². The topological polar surface area (TPSA) is 54.3 Å². The third-order valence-electron chi connectivity index (χ3n) is 5.32. The lowest BCUT2D eigenvalue weighted by Crippen LogP contribution is -2.18. The summed E-state index contributed by atoms with van der Waals surface area (Å²) in [6, 6.07) is 19.1. The van der Waals surface area contributed by atoms with Gasteiger partial charge in [-0.05, 0) is 37.1 Å². The summed E-state index contributed by atoms with van der Waals surface area (Å²) < 4.78 is 2.13. The number of para-hydroxylation sites is 1. The van der Waals surface area contributed by atoms with Gasteiger partial charge in [-0.15, -0.1) is 0 Å². The van der Waals surface area contributed by atoms with Gasteiger partial charge in [0.05, 0.1) is 0 Å². The van der Waals surface area contributed by atoms with Gasteiger partial charge in [0.2, 0.25) is 0 Å². The molecule has 0 radical (unpaired) electrons. The molecular formula is C24H24N2O2. The van der Waals surface area contributed by atoms with Gasteiger partial charge in [0.25, 0.3) is 5.91 Å². The highest BCUT2D eigenvalue weighted by molar-refractivity contribution is 6.12. The van der Waals surface area contributed by atoms with Crippen LogP contribution in [0.3, 0.4) is 0 Å². The number of rotatable bonds is 5. The Balaban J connectivity index is 1.80. The fourth-order valence-corrected chi connectivity index (χ4v) is 3.90. The van der Waals surface area contributed by atoms with E-state index in [0.29, 0.717) is 11.4 Å². The van der Waals surface area contributed by atoms with Gasteiger partial charge in [-0.2, -0.15) is 0 Å². The van der Waals surface area contributed by atoms with Gasteiger partial charge in [0.1, 0.15) is 11.4 Å². The highest BCUT2D eigenvalue weighted by Gasteiger charge is 2.20. The number of anilines is 1. The SMILES string of the molecule is CCCCn1c(C(=O)Nc2cccc3c(O)cccc23)c(C)c2ccccc21. The standard InChI is InChI=1S/C24H24N2O2/c1-3-4-15-26-21-13-6-5-9-17(21)16(2)23(26)24(28)25-20-12-7-11-19-18(20)10-8-14-22(19)27/h5-14,27H,3-4,15H2,1-2H3,(H,25,28). The Labute approximate surface area is 164 Å². The molecule has 0 unspecified atom stereocenters. The van der Waals surface area contributed by atoms with Crippen molar-refractivity contribution in [3.05, 3.63) is 71.9 Å². The van der Waals surface area contributed by atoms with E-state index in [1.54, 1.807) is 12.1 Å². The lowest BCUT2D eigenvalue weighted by atomic mass is 10.1. The van der Waals surface area contributed by atoms with Crippen LogP contribution < -0.4 is 5.32 Å². The van der Waals surface area contributed by atoms with Crippen molar-refractivity contribution in [3.8, 4) is 5.75 Å². The quantitative estimate of drug-likeness (QED) is 0.461. The summed E-state index contributed by atoms with van der Waals surface area (Å²) in [5.41, 5.74) is 3.48. The van der Waals surface area contributed by atoms with Crippen LogP contribution in [-0.4, -0.2) is 15.6 Å². The lowest BCUT2D eigenvalue weighted by Gasteiger charge is -2.13. The predicted octanol–water partition coefficient (Wildman–Crippen LogP) is 5.86. The Morgan fingerprint density at radius 2 is 1.68 bits per heavy atom. The molecule has 142 valence electrons. The smallest absolute Gasteiger partial charge is 0.272 e. The van der Waals surface area contributed by atoms with E-state index < -0.39 is 0 Å². The van der Waals surface area contributed by atoms with E-state index in [4.69, 9.17) is 0 Å². The molecule has 1 aromatic heterocycles. The Morgan fingerprint density at radius 1 is 0.964 bits per heavy atom. The minimum atomic E-state index is -0.124. The van der Waals surface area contributed by atoms with Crippen LogP contribution >= 0.6 is 0 Å². The lowest BCUT2D eigenvalue weighted by molar-refractivity contribution is 0.101. The second-order valence-electron chi connectivity index (χ2n) is 7.13. The van der Waals surface area contributed by atoms with Crippen LogP contribution in [-0.2, 0) is 6.54 Å². The molecule has 1 amide bonds. The molecule has 4 nitrogen and oxygen atoms in total. The molecule has 2 N–H and O–H groups in total. The normalized spacial score (nSPS) is 11.2. The van der Waals surface area contributed by atoms with E-state index in [2.05, 4.69) is 28.9 Å². The van der Waals surface area contributed by atoms with Crippen LogP contribution in [0.4, 0.5) is 5.69 Å². The average Bonchev–Trinajstić information content (AvgIpc) is 2.99. The first-order chi connectivity index (χ1) is 13.6. The maximum absolute atomic E-state index is 13.3. The van der Waals surface area contributed by atoms with Gasteiger partial charge >= 0.3 is 0 Å².